The van der Waals surface area contributed by atoms with Crippen molar-refractivity contribution in [3.63, 3.8) is 0 Å². The first-order chi connectivity index (χ1) is 13.0. The highest BCUT2D eigenvalue weighted by Gasteiger charge is 2.36. The monoisotopic (exact) mass is 385 g/mol. The molecule has 2 heterocycles. The molecule has 2 aliphatic heterocycles. The van der Waals surface area contributed by atoms with E-state index in [2.05, 4.69) is 10.3 Å². The van der Waals surface area contributed by atoms with E-state index in [1.165, 1.54) is 18.2 Å². The third kappa shape index (κ3) is 3.63. The lowest BCUT2D eigenvalue weighted by Crippen LogP contribution is -2.47. The van der Waals surface area contributed by atoms with Gasteiger partial charge in [0.05, 0.1) is 28.9 Å². The summed E-state index contributed by atoms with van der Waals surface area (Å²) < 4.78 is 13.5. The van der Waals surface area contributed by atoms with Gasteiger partial charge in [0, 0.05) is 24.4 Å². The molecule has 0 bridgehead atoms. The minimum atomic E-state index is -0.451. The second-order valence-electron chi connectivity index (χ2n) is 6.69. The number of anilines is 1. The van der Waals surface area contributed by atoms with Crippen molar-refractivity contribution >= 4 is 40.4 Å². The maximum absolute atomic E-state index is 13.5. The number of nitrogens with one attached hydrogen (secondary N) is 1. The molecular formula is C20H17ClFN3O2. The Morgan fingerprint density at radius 3 is 2.93 bits per heavy atom. The number of benzene rings is 2. The van der Waals surface area contributed by atoms with Crippen LogP contribution in [0.3, 0.4) is 0 Å². The zero-order valence-corrected chi connectivity index (χ0v) is 15.2. The fourth-order valence-electron chi connectivity index (χ4n) is 3.51. The fraction of sp³-hybridized carbons (Fsp3) is 0.250. The summed E-state index contributed by atoms with van der Waals surface area (Å²) in [5.74, 6) is -1.21. The van der Waals surface area contributed by atoms with Gasteiger partial charge in [-0.3, -0.25) is 19.5 Å². The van der Waals surface area contributed by atoms with Crippen molar-refractivity contribution in [2.75, 3.05) is 25.0 Å². The maximum Gasteiger partial charge on any atom is 0.238 e. The highest BCUT2D eigenvalue weighted by Crippen LogP contribution is 2.32. The number of amides is 1. The summed E-state index contributed by atoms with van der Waals surface area (Å²) >= 11 is 6.06. The van der Waals surface area contributed by atoms with Crippen molar-refractivity contribution in [3.8, 4) is 0 Å². The molecule has 0 radical (unpaired) electrons. The normalized spacial score (nSPS) is 19.1. The van der Waals surface area contributed by atoms with Crippen LogP contribution in [-0.2, 0) is 4.79 Å². The molecule has 27 heavy (non-hydrogen) atoms. The van der Waals surface area contributed by atoms with E-state index in [9.17, 15) is 14.0 Å². The van der Waals surface area contributed by atoms with Crippen LogP contribution in [0, 0.1) is 11.7 Å². The molecule has 2 aliphatic rings. The molecule has 138 valence electrons. The van der Waals surface area contributed by atoms with Gasteiger partial charge in [0.15, 0.2) is 5.78 Å². The number of carbonyl (C=O) groups excluding carboxylic acids is 2. The lowest BCUT2D eigenvalue weighted by molar-refractivity contribution is -0.117. The largest absolute Gasteiger partial charge is 0.324 e. The Kier molecular flexibility index (Phi) is 4.76. The van der Waals surface area contributed by atoms with Gasteiger partial charge in [0.2, 0.25) is 5.91 Å². The third-order valence-corrected chi connectivity index (χ3v) is 5.18. The van der Waals surface area contributed by atoms with Gasteiger partial charge in [-0.25, -0.2) is 4.39 Å². The highest BCUT2D eigenvalue weighted by atomic mass is 35.5. The van der Waals surface area contributed by atoms with Crippen LogP contribution in [0.15, 0.2) is 47.5 Å². The number of Topliss-reactive ketones (excluding diaryl/α,β-unsaturated/α-hetero) is 1. The molecule has 0 spiro atoms. The van der Waals surface area contributed by atoms with Gasteiger partial charge in [-0.1, -0.05) is 23.7 Å². The van der Waals surface area contributed by atoms with Gasteiger partial charge in [0.25, 0.3) is 0 Å². The first kappa shape index (κ1) is 17.8. The van der Waals surface area contributed by atoms with Crippen LogP contribution in [0.1, 0.15) is 16.8 Å². The van der Waals surface area contributed by atoms with Crippen LogP contribution in [0.25, 0.3) is 0 Å². The predicted octanol–water partition coefficient (Wildman–Crippen LogP) is 3.71. The van der Waals surface area contributed by atoms with Gasteiger partial charge < -0.3 is 5.32 Å². The molecular weight excluding hydrogens is 369 g/mol. The molecule has 1 N–H and O–H groups in total. The van der Waals surface area contributed by atoms with Crippen molar-refractivity contribution in [3.05, 3.63) is 58.9 Å². The van der Waals surface area contributed by atoms with Crippen molar-refractivity contribution in [2.45, 2.75) is 6.42 Å². The fourth-order valence-corrected chi connectivity index (χ4v) is 3.70. The first-order valence-electron chi connectivity index (χ1n) is 8.69. The number of hydrogen-bond donors (Lipinski definition) is 1. The number of nitrogens with zero attached hydrogens (tertiary/aromatic N) is 2. The minimum Gasteiger partial charge on any atom is -0.324 e. The summed E-state index contributed by atoms with van der Waals surface area (Å²) in [6, 6.07) is 11.1. The zero-order valence-electron chi connectivity index (χ0n) is 14.4. The second kappa shape index (κ2) is 7.21. The summed E-state index contributed by atoms with van der Waals surface area (Å²) in [6.07, 6.45) is 0.604. The van der Waals surface area contributed by atoms with E-state index in [1.807, 2.05) is 4.90 Å². The molecule has 5 nitrogen and oxygen atoms in total. The smallest absolute Gasteiger partial charge is 0.238 e. The second-order valence-corrected chi connectivity index (χ2v) is 7.10. The highest BCUT2D eigenvalue weighted by molar-refractivity contribution is 6.33. The van der Waals surface area contributed by atoms with Crippen LogP contribution in [0.2, 0.25) is 5.02 Å². The molecule has 2 aromatic rings. The molecule has 1 atom stereocenters. The molecule has 1 fully saturated rings. The summed E-state index contributed by atoms with van der Waals surface area (Å²) in [5.41, 5.74) is 2.20. The van der Waals surface area contributed by atoms with Crippen molar-refractivity contribution in [1.29, 1.82) is 0 Å². The summed E-state index contributed by atoms with van der Waals surface area (Å²) in [4.78, 5) is 31.6. The Labute approximate surface area is 160 Å². The molecule has 1 amide bonds. The van der Waals surface area contributed by atoms with Gasteiger partial charge in [0.1, 0.15) is 5.82 Å². The summed E-state index contributed by atoms with van der Waals surface area (Å²) in [7, 11) is 0. The van der Waals surface area contributed by atoms with E-state index in [-0.39, 0.29) is 18.2 Å². The molecule has 0 aliphatic carbocycles. The van der Waals surface area contributed by atoms with Crippen molar-refractivity contribution < 1.29 is 14.0 Å². The minimum absolute atomic E-state index is 0.134. The van der Waals surface area contributed by atoms with Crippen LogP contribution in [-0.4, -0.2) is 41.9 Å². The number of rotatable bonds is 3. The summed E-state index contributed by atoms with van der Waals surface area (Å²) in [6.45, 7) is 1.18. The Balaban J connectivity index is 1.45. The van der Waals surface area contributed by atoms with Crippen LogP contribution >= 0.6 is 11.6 Å². The lowest BCUT2D eigenvalue weighted by atomic mass is 9.85. The molecule has 0 aromatic heterocycles. The number of aliphatic imine (C=N–C) groups is 1. The van der Waals surface area contributed by atoms with Crippen LogP contribution in [0.5, 0.6) is 0 Å². The number of para-hydroxylation sites is 1. The Morgan fingerprint density at radius 2 is 2.11 bits per heavy atom. The van der Waals surface area contributed by atoms with Gasteiger partial charge in [-0.15, -0.1) is 0 Å². The zero-order chi connectivity index (χ0) is 19.0. The average molecular weight is 386 g/mol. The quantitative estimate of drug-likeness (QED) is 0.876. The molecule has 4 rings (SSSR count). The number of likely N-dealkylation sites (tertiary alicyclic amines) is 1. The van der Waals surface area contributed by atoms with Crippen molar-refractivity contribution in [1.82, 2.24) is 4.90 Å². The molecule has 7 heteroatoms. The summed E-state index contributed by atoms with van der Waals surface area (Å²) in [5, 5.41) is 3.26. The number of piperidine rings is 1. The van der Waals surface area contributed by atoms with E-state index in [0.717, 1.165) is 5.71 Å². The number of hydrogen-bond acceptors (Lipinski definition) is 4. The molecule has 2 aromatic carbocycles. The van der Waals surface area contributed by atoms with Gasteiger partial charge in [-0.2, -0.15) is 0 Å². The SMILES string of the molecule is O=C(CN1CCC2=Nc3ccc(F)cc3C(=O)C2C1)Nc1ccccc1Cl. The van der Waals surface area contributed by atoms with Crippen LogP contribution in [0.4, 0.5) is 15.8 Å². The maximum atomic E-state index is 13.5. The van der Waals surface area contributed by atoms with E-state index in [0.29, 0.717) is 41.5 Å². The van der Waals surface area contributed by atoms with E-state index >= 15 is 0 Å². The number of halogens is 2. The Hall–Kier alpha value is -2.57. The molecule has 0 saturated carbocycles. The first-order valence-corrected chi connectivity index (χ1v) is 9.07. The lowest BCUT2D eigenvalue weighted by Gasteiger charge is -2.34. The molecule has 1 saturated heterocycles. The van der Waals surface area contributed by atoms with E-state index in [1.54, 1.807) is 24.3 Å². The topological polar surface area (TPSA) is 61.8 Å². The van der Waals surface area contributed by atoms with Gasteiger partial charge >= 0.3 is 0 Å². The molecule has 1 unspecified atom stereocenters. The van der Waals surface area contributed by atoms with Crippen molar-refractivity contribution in [2.24, 2.45) is 10.9 Å². The number of carbonyl (C=O) groups is 2. The van der Waals surface area contributed by atoms with E-state index in [4.69, 9.17) is 11.6 Å². The standard InChI is InChI=1S/C20H17ClFN3O2/c21-15-3-1-2-4-18(15)24-19(26)11-25-8-7-17-14(10-25)20(27)13-9-12(22)5-6-16(13)23-17/h1-6,9,14H,7-8,10-11H2,(H,24,26). The van der Waals surface area contributed by atoms with Crippen LogP contribution < -0.4 is 5.32 Å². The number of fused-ring (bicyclic) bond motifs is 2. The number of ketones is 1. The van der Waals surface area contributed by atoms with Gasteiger partial charge in [-0.05, 0) is 36.8 Å². The van der Waals surface area contributed by atoms with E-state index < -0.39 is 11.7 Å². The average Bonchev–Trinajstić information content (AvgIpc) is 2.65. The Bertz CT molecular complexity index is 960. The predicted molar refractivity (Wildman–Crippen MR) is 102 cm³/mol. The third-order valence-electron chi connectivity index (χ3n) is 4.85. The Morgan fingerprint density at radius 1 is 1.30 bits per heavy atom.